The van der Waals surface area contributed by atoms with Crippen LogP contribution >= 0.6 is 0 Å². The maximum absolute atomic E-state index is 11.0. The van der Waals surface area contributed by atoms with Crippen molar-refractivity contribution in [2.24, 2.45) is 5.41 Å². The highest BCUT2D eigenvalue weighted by Crippen LogP contribution is 2.46. The molecule has 1 atom stereocenters. The van der Waals surface area contributed by atoms with E-state index in [1.54, 1.807) is 0 Å². The van der Waals surface area contributed by atoms with Crippen molar-refractivity contribution in [2.45, 2.75) is 25.4 Å². The van der Waals surface area contributed by atoms with Crippen LogP contribution < -0.4 is 0 Å². The average Bonchev–Trinajstić information content (AvgIpc) is 2.42. The topological polar surface area (TPSA) is 83.9 Å². The van der Waals surface area contributed by atoms with E-state index in [1.165, 1.54) is 4.90 Å². The predicted octanol–water partition coefficient (Wildman–Crippen LogP) is 0.495. The van der Waals surface area contributed by atoms with Crippen molar-refractivity contribution < 1.29 is 22.5 Å². The Bertz CT molecular complexity index is 398. The molecule has 0 bridgehead atoms. The molecule has 2 rings (SSSR count). The van der Waals surface area contributed by atoms with Crippen molar-refractivity contribution in [3.8, 4) is 0 Å². The summed E-state index contributed by atoms with van der Waals surface area (Å²) in [7, 11) is -3.40. The van der Waals surface area contributed by atoms with E-state index in [0.29, 0.717) is 25.9 Å². The van der Waals surface area contributed by atoms with E-state index in [9.17, 15) is 13.2 Å². The van der Waals surface area contributed by atoms with Gasteiger partial charge in [-0.05, 0) is 19.3 Å². The zero-order chi connectivity index (χ0) is 12.0. The highest BCUT2D eigenvalue weighted by Gasteiger charge is 2.50. The molecule has 6 nitrogen and oxygen atoms in total. The van der Waals surface area contributed by atoms with Crippen LogP contribution in [-0.2, 0) is 14.3 Å². The summed E-state index contributed by atoms with van der Waals surface area (Å²) in [4.78, 5) is 12.0. The summed E-state index contributed by atoms with van der Waals surface area (Å²) >= 11 is 0. The van der Waals surface area contributed by atoms with Crippen LogP contribution in [0.15, 0.2) is 0 Å². The van der Waals surface area contributed by atoms with Gasteiger partial charge in [-0.1, -0.05) is 0 Å². The summed E-state index contributed by atoms with van der Waals surface area (Å²) in [6.07, 6.45) is 2.05. The third-order valence-electron chi connectivity index (χ3n) is 3.29. The standard InChI is InChI=1S/C9H15NO5S/c1-16(13,14)15-7-2-3-9(4-7)5-10(6-9)8(11)12/h7H,2-6H2,1H3,(H,11,12)/t7-/m0/s1. The first kappa shape index (κ1) is 11.7. The molecule has 1 saturated carbocycles. The first-order valence-electron chi connectivity index (χ1n) is 5.16. The molecule has 0 aromatic rings. The van der Waals surface area contributed by atoms with E-state index < -0.39 is 16.2 Å². The quantitative estimate of drug-likeness (QED) is 0.720. The van der Waals surface area contributed by atoms with Crippen molar-refractivity contribution >= 4 is 16.2 Å². The van der Waals surface area contributed by atoms with Gasteiger partial charge in [0.15, 0.2) is 0 Å². The van der Waals surface area contributed by atoms with Gasteiger partial charge in [0.25, 0.3) is 10.1 Å². The summed E-state index contributed by atoms with van der Waals surface area (Å²) in [6.45, 7) is 1.01. The fourth-order valence-electron chi connectivity index (χ4n) is 2.67. The molecule has 7 heteroatoms. The maximum atomic E-state index is 11.0. The second kappa shape index (κ2) is 3.59. The Morgan fingerprint density at radius 2 is 2.12 bits per heavy atom. The molecule has 1 saturated heterocycles. The fourth-order valence-corrected chi connectivity index (χ4v) is 3.33. The van der Waals surface area contributed by atoms with Crippen LogP contribution in [0.2, 0.25) is 0 Å². The van der Waals surface area contributed by atoms with Crippen LogP contribution in [0, 0.1) is 5.41 Å². The highest BCUT2D eigenvalue weighted by molar-refractivity contribution is 7.86. The Balaban J connectivity index is 1.88. The molecule has 1 N–H and O–H groups in total. The molecule has 1 aliphatic heterocycles. The number of carbonyl (C=O) groups is 1. The van der Waals surface area contributed by atoms with Crippen LogP contribution in [0.25, 0.3) is 0 Å². The van der Waals surface area contributed by atoms with Gasteiger partial charge >= 0.3 is 6.09 Å². The van der Waals surface area contributed by atoms with E-state index in [0.717, 1.165) is 12.7 Å². The van der Waals surface area contributed by atoms with E-state index in [-0.39, 0.29) is 11.5 Å². The Morgan fingerprint density at radius 1 is 1.50 bits per heavy atom. The molecule has 92 valence electrons. The first-order chi connectivity index (χ1) is 7.30. The van der Waals surface area contributed by atoms with E-state index in [4.69, 9.17) is 9.29 Å². The van der Waals surface area contributed by atoms with Crippen molar-refractivity contribution in [3.63, 3.8) is 0 Å². The third-order valence-corrected chi connectivity index (χ3v) is 3.91. The predicted molar refractivity (Wildman–Crippen MR) is 55.6 cm³/mol. The molecule has 1 heterocycles. The first-order valence-corrected chi connectivity index (χ1v) is 6.97. The molecule has 0 aromatic carbocycles. The van der Waals surface area contributed by atoms with Gasteiger partial charge in [0, 0.05) is 18.5 Å². The van der Waals surface area contributed by atoms with Crippen molar-refractivity contribution in [3.05, 3.63) is 0 Å². The third kappa shape index (κ3) is 2.30. The minimum Gasteiger partial charge on any atom is -0.465 e. The largest absolute Gasteiger partial charge is 0.465 e. The SMILES string of the molecule is CS(=O)(=O)O[C@H]1CCC2(C1)CN(C(=O)O)C2. The van der Waals surface area contributed by atoms with Crippen molar-refractivity contribution in [1.82, 2.24) is 4.90 Å². The lowest BCUT2D eigenvalue weighted by Crippen LogP contribution is -2.57. The van der Waals surface area contributed by atoms with Gasteiger partial charge in [0.05, 0.1) is 12.4 Å². The van der Waals surface area contributed by atoms with Crippen molar-refractivity contribution in [2.75, 3.05) is 19.3 Å². The normalized spacial score (nSPS) is 28.1. The Labute approximate surface area is 94.3 Å². The Morgan fingerprint density at radius 3 is 2.62 bits per heavy atom. The molecular formula is C9H15NO5S. The van der Waals surface area contributed by atoms with E-state index >= 15 is 0 Å². The van der Waals surface area contributed by atoms with Crippen LogP contribution in [0.5, 0.6) is 0 Å². The number of amides is 1. The molecule has 1 aliphatic carbocycles. The van der Waals surface area contributed by atoms with Gasteiger partial charge < -0.3 is 10.0 Å². The Kier molecular flexibility index (Phi) is 2.62. The van der Waals surface area contributed by atoms with Crippen LogP contribution in [0.3, 0.4) is 0 Å². The molecule has 2 aliphatic rings. The average molecular weight is 249 g/mol. The summed E-state index contributed by atoms with van der Waals surface area (Å²) in [6, 6.07) is 0. The van der Waals surface area contributed by atoms with Crippen LogP contribution in [0.1, 0.15) is 19.3 Å². The molecule has 0 radical (unpaired) electrons. The van der Waals surface area contributed by atoms with Gasteiger partial charge in [-0.15, -0.1) is 0 Å². The number of hydrogen-bond acceptors (Lipinski definition) is 4. The molecule has 0 unspecified atom stereocenters. The lowest BCUT2D eigenvalue weighted by Gasteiger charge is -2.46. The molecule has 2 fully saturated rings. The lowest BCUT2D eigenvalue weighted by molar-refractivity contribution is 0.00832. The second-order valence-corrected chi connectivity index (χ2v) is 6.40. The highest BCUT2D eigenvalue weighted by atomic mass is 32.2. The molecule has 1 spiro atoms. The fraction of sp³-hybridized carbons (Fsp3) is 0.889. The van der Waals surface area contributed by atoms with Crippen LogP contribution in [0.4, 0.5) is 4.79 Å². The van der Waals surface area contributed by atoms with Gasteiger partial charge in [-0.2, -0.15) is 8.42 Å². The van der Waals surface area contributed by atoms with E-state index in [2.05, 4.69) is 0 Å². The smallest absolute Gasteiger partial charge is 0.407 e. The number of likely N-dealkylation sites (tertiary alicyclic amines) is 1. The maximum Gasteiger partial charge on any atom is 0.407 e. The zero-order valence-electron chi connectivity index (χ0n) is 9.05. The van der Waals surface area contributed by atoms with Gasteiger partial charge in [-0.3, -0.25) is 4.18 Å². The lowest BCUT2D eigenvalue weighted by atomic mass is 9.78. The van der Waals surface area contributed by atoms with Gasteiger partial charge in [0.1, 0.15) is 0 Å². The number of hydrogen-bond donors (Lipinski definition) is 1. The molecular weight excluding hydrogens is 234 g/mol. The number of rotatable bonds is 2. The minimum absolute atomic E-state index is 0.0340. The second-order valence-electron chi connectivity index (χ2n) is 4.80. The van der Waals surface area contributed by atoms with Gasteiger partial charge in [0.2, 0.25) is 0 Å². The molecule has 0 aromatic heterocycles. The molecule has 16 heavy (non-hydrogen) atoms. The minimum atomic E-state index is -3.40. The van der Waals surface area contributed by atoms with Crippen molar-refractivity contribution in [1.29, 1.82) is 0 Å². The number of carboxylic acid groups (broad SMARTS) is 1. The summed E-state index contributed by atoms with van der Waals surface area (Å²) in [5.74, 6) is 0. The summed E-state index contributed by atoms with van der Waals surface area (Å²) < 4.78 is 26.8. The number of nitrogens with zero attached hydrogens (tertiary/aromatic N) is 1. The Hall–Kier alpha value is -0.820. The zero-order valence-corrected chi connectivity index (χ0v) is 9.87. The van der Waals surface area contributed by atoms with E-state index in [1.807, 2.05) is 0 Å². The summed E-state index contributed by atoms with van der Waals surface area (Å²) in [5, 5.41) is 8.73. The van der Waals surface area contributed by atoms with Gasteiger partial charge in [-0.25, -0.2) is 4.79 Å². The monoisotopic (exact) mass is 249 g/mol. The molecule has 1 amide bonds. The summed E-state index contributed by atoms with van der Waals surface area (Å²) in [5.41, 5.74) is -0.0340. The van der Waals surface area contributed by atoms with Crippen LogP contribution in [-0.4, -0.2) is 50.0 Å².